The van der Waals surface area contributed by atoms with Gasteiger partial charge in [0.15, 0.2) is 0 Å². The maximum atomic E-state index is 4.61. The Morgan fingerprint density at radius 3 is 2.32 bits per heavy atom. The van der Waals surface area contributed by atoms with Crippen molar-refractivity contribution >= 4 is 11.0 Å². The normalized spacial score (nSPS) is 27.0. The molecule has 0 aromatic carbocycles. The van der Waals surface area contributed by atoms with Gasteiger partial charge in [0.25, 0.3) is 0 Å². The standard InChI is InChI=1S/C22H33N3/c1-22(2,3)18-6-8-19(9-7-18)24-14-11-20(12-15-24)25-16-10-17-5-4-13-23-21(17)25/h4-5,10,13,16,18-20H,6-9,11-12,14-15H2,1-3H3. The van der Waals surface area contributed by atoms with Gasteiger partial charge in [-0.3, -0.25) is 0 Å². The van der Waals surface area contributed by atoms with Crippen LogP contribution in [-0.4, -0.2) is 33.6 Å². The average Bonchev–Trinajstić information content (AvgIpc) is 3.05. The summed E-state index contributed by atoms with van der Waals surface area (Å²) >= 11 is 0. The lowest BCUT2D eigenvalue weighted by molar-refractivity contribution is 0.0722. The molecule has 2 aliphatic rings. The second-order valence-corrected chi connectivity index (χ2v) is 9.28. The largest absolute Gasteiger partial charge is 0.329 e. The molecule has 1 saturated heterocycles. The molecule has 136 valence electrons. The minimum atomic E-state index is 0.487. The fourth-order valence-corrected chi connectivity index (χ4v) is 5.12. The van der Waals surface area contributed by atoms with Gasteiger partial charge < -0.3 is 9.47 Å². The molecule has 0 N–H and O–H groups in total. The second-order valence-electron chi connectivity index (χ2n) is 9.28. The van der Waals surface area contributed by atoms with E-state index in [0.717, 1.165) is 17.6 Å². The van der Waals surface area contributed by atoms with Crippen LogP contribution in [0.1, 0.15) is 65.3 Å². The lowest BCUT2D eigenvalue weighted by Crippen LogP contribution is -2.44. The highest BCUT2D eigenvalue weighted by Crippen LogP contribution is 2.40. The van der Waals surface area contributed by atoms with Crippen molar-refractivity contribution in [2.45, 2.75) is 71.4 Å². The molecule has 1 aliphatic carbocycles. The van der Waals surface area contributed by atoms with Gasteiger partial charge in [-0.25, -0.2) is 4.98 Å². The van der Waals surface area contributed by atoms with Gasteiger partial charge in [0.2, 0.25) is 0 Å². The van der Waals surface area contributed by atoms with Crippen molar-refractivity contribution in [3.05, 3.63) is 30.6 Å². The first-order valence-corrected chi connectivity index (χ1v) is 10.2. The van der Waals surface area contributed by atoms with Gasteiger partial charge >= 0.3 is 0 Å². The summed E-state index contributed by atoms with van der Waals surface area (Å²) in [5.41, 5.74) is 1.65. The minimum Gasteiger partial charge on any atom is -0.329 e. The zero-order valence-corrected chi connectivity index (χ0v) is 16.1. The van der Waals surface area contributed by atoms with Crippen molar-refractivity contribution in [1.29, 1.82) is 0 Å². The molecular weight excluding hydrogens is 306 g/mol. The number of pyridine rings is 1. The fraction of sp³-hybridized carbons (Fsp3) is 0.682. The number of rotatable bonds is 2. The molecule has 1 saturated carbocycles. The van der Waals surface area contributed by atoms with E-state index in [1.807, 2.05) is 12.3 Å². The number of piperidine rings is 1. The van der Waals surface area contributed by atoms with Crippen LogP contribution in [0.15, 0.2) is 30.6 Å². The van der Waals surface area contributed by atoms with Crippen molar-refractivity contribution in [2.75, 3.05) is 13.1 Å². The van der Waals surface area contributed by atoms with Gasteiger partial charge in [-0.05, 0) is 68.1 Å². The summed E-state index contributed by atoms with van der Waals surface area (Å²) in [6.45, 7) is 9.75. The van der Waals surface area contributed by atoms with Crippen LogP contribution in [0.3, 0.4) is 0 Å². The van der Waals surface area contributed by atoms with Gasteiger partial charge in [-0.2, -0.15) is 0 Å². The molecule has 0 bridgehead atoms. The first-order chi connectivity index (χ1) is 12.0. The van der Waals surface area contributed by atoms with E-state index in [4.69, 9.17) is 0 Å². The third kappa shape index (κ3) is 3.48. The van der Waals surface area contributed by atoms with Crippen molar-refractivity contribution < 1.29 is 0 Å². The predicted octanol–water partition coefficient (Wildman–Crippen LogP) is 5.28. The Morgan fingerprint density at radius 1 is 0.920 bits per heavy atom. The third-order valence-electron chi connectivity index (χ3n) is 6.81. The van der Waals surface area contributed by atoms with Crippen molar-refractivity contribution in [3.8, 4) is 0 Å². The van der Waals surface area contributed by atoms with E-state index < -0.39 is 0 Å². The van der Waals surface area contributed by atoms with Crippen molar-refractivity contribution in [3.63, 3.8) is 0 Å². The van der Waals surface area contributed by atoms with Gasteiger partial charge in [0.1, 0.15) is 5.65 Å². The van der Waals surface area contributed by atoms with E-state index in [0.29, 0.717) is 11.5 Å². The van der Waals surface area contributed by atoms with Gasteiger partial charge in [-0.15, -0.1) is 0 Å². The van der Waals surface area contributed by atoms with Crippen LogP contribution < -0.4 is 0 Å². The monoisotopic (exact) mass is 339 g/mol. The summed E-state index contributed by atoms with van der Waals surface area (Å²) in [6.07, 6.45) is 12.3. The number of aromatic nitrogens is 2. The SMILES string of the molecule is CC(C)(C)C1CCC(N2CCC(n3ccc4cccnc43)CC2)CC1. The Balaban J connectivity index is 1.35. The molecule has 0 radical (unpaired) electrons. The first kappa shape index (κ1) is 17.1. The van der Waals surface area contributed by atoms with Gasteiger partial charge in [0.05, 0.1) is 0 Å². The van der Waals surface area contributed by atoms with Gasteiger partial charge in [0, 0.05) is 43.0 Å². The van der Waals surface area contributed by atoms with Crippen LogP contribution in [0.25, 0.3) is 11.0 Å². The smallest absolute Gasteiger partial charge is 0.140 e. The Morgan fingerprint density at radius 2 is 1.64 bits per heavy atom. The highest BCUT2D eigenvalue weighted by atomic mass is 15.2. The zero-order chi connectivity index (χ0) is 17.4. The Bertz CT molecular complexity index is 695. The summed E-state index contributed by atoms with van der Waals surface area (Å²) in [6, 6.07) is 7.86. The molecule has 2 fully saturated rings. The van der Waals surface area contributed by atoms with Crippen molar-refractivity contribution in [1.82, 2.24) is 14.5 Å². The molecule has 0 spiro atoms. The summed E-state index contributed by atoms with van der Waals surface area (Å²) in [7, 11) is 0. The van der Waals surface area contributed by atoms with Crippen LogP contribution in [0, 0.1) is 11.3 Å². The van der Waals surface area contributed by atoms with E-state index in [1.165, 1.54) is 57.0 Å². The van der Waals surface area contributed by atoms with Crippen LogP contribution >= 0.6 is 0 Å². The number of fused-ring (bicyclic) bond motifs is 1. The summed E-state index contributed by atoms with van der Waals surface area (Å²) in [5.74, 6) is 0.915. The lowest BCUT2D eigenvalue weighted by Gasteiger charge is -2.43. The summed E-state index contributed by atoms with van der Waals surface area (Å²) < 4.78 is 2.42. The Labute approximate surface area is 152 Å². The van der Waals surface area contributed by atoms with E-state index in [-0.39, 0.29) is 0 Å². The number of hydrogen-bond donors (Lipinski definition) is 0. The number of hydrogen-bond acceptors (Lipinski definition) is 2. The number of likely N-dealkylation sites (tertiary alicyclic amines) is 1. The minimum absolute atomic E-state index is 0.487. The van der Waals surface area contributed by atoms with Crippen molar-refractivity contribution in [2.24, 2.45) is 11.3 Å². The molecular formula is C22H33N3. The van der Waals surface area contributed by atoms with E-state index in [1.54, 1.807) is 0 Å². The maximum absolute atomic E-state index is 4.61. The molecule has 0 amide bonds. The van der Waals surface area contributed by atoms with Crippen LogP contribution in [0.4, 0.5) is 0 Å². The second kappa shape index (κ2) is 6.75. The Hall–Kier alpha value is -1.35. The average molecular weight is 340 g/mol. The fourth-order valence-electron chi connectivity index (χ4n) is 5.12. The predicted molar refractivity (Wildman–Crippen MR) is 105 cm³/mol. The van der Waals surface area contributed by atoms with E-state index in [9.17, 15) is 0 Å². The molecule has 3 heteroatoms. The van der Waals surface area contributed by atoms with E-state index in [2.05, 4.69) is 53.6 Å². The molecule has 0 unspecified atom stereocenters. The third-order valence-corrected chi connectivity index (χ3v) is 6.81. The molecule has 1 aliphatic heterocycles. The first-order valence-electron chi connectivity index (χ1n) is 10.2. The maximum Gasteiger partial charge on any atom is 0.140 e. The topological polar surface area (TPSA) is 21.1 Å². The molecule has 2 aromatic rings. The molecule has 25 heavy (non-hydrogen) atoms. The summed E-state index contributed by atoms with van der Waals surface area (Å²) in [5, 5.41) is 1.27. The molecule has 4 rings (SSSR count). The quantitative estimate of drug-likeness (QED) is 0.742. The number of nitrogens with zero attached hydrogens (tertiary/aromatic N) is 3. The highest BCUT2D eigenvalue weighted by molar-refractivity contribution is 5.75. The Kier molecular flexibility index (Phi) is 4.61. The zero-order valence-electron chi connectivity index (χ0n) is 16.1. The molecule has 3 heterocycles. The molecule has 2 aromatic heterocycles. The molecule has 3 nitrogen and oxygen atoms in total. The van der Waals surface area contributed by atoms with Crippen LogP contribution in [0.2, 0.25) is 0 Å². The van der Waals surface area contributed by atoms with E-state index >= 15 is 0 Å². The summed E-state index contributed by atoms with van der Waals surface area (Å²) in [4.78, 5) is 7.39. The van der Waals surface area contributed by atoms with Crippen LogP contribution in [0.5, 0.6) is 0 Å². The highest BCUT2D eigenvalue weighted by Gasteiger charge is 2.33. The molecule has 0 atom stereocenters. The van der Waals surface area contributed by atoms with Crippen LogP contribution in [-0.2, 0) is 0 Å². The lowest BCUT2D eigenvalue weighted by atomic mass is 9.71. The van der Waals surface area contributed by atoms with Gasteiger partial charge in [-0.1, -0.05) is 20.8 Å².